The van der Waals surface area contributed by atoms with Gasteiger partial charge in [0.15, 0.2) is 0 Å². The standard InChI is InChI=1S/C24H28N4O3/c1-16(2)26-23(30)27-21-14-19(7-4-17(21)3)22(29)28-12-10-24(31,11-13-28)20-8-5-18(15-25)6-9-20/h4-9,14,16,31H,10-13H2,1-3H3,(H2,26,27,30). The first-order valence-corrected chi connectivity index (χ1v) is 10.4. The van der Waals surface area contributed by atoms with Crippen molar-refractivity contribution in [2.75, 3.05) is 18.4 Å². The van der Waals surface area contributed by atoms with E-state index in [2.05, 4.69) is 16.7 Å². The Balaban J connectivity index is 1.68. The van der Waals surface area contributed by atoms with Crippen molar-refractivity contribution in [3.8, 4) is 6.07 Å². The van der Waals surface area contributed by atoms with Crippen LogP contribution >= 0.6 is 0 Å². The third-order valence-electron chi connectivity index (χ3n) is 5.58. The van der Waals surface area contributed by atoms with Gasteiger partial charge in [-0.3, -0.25) is 4.79 Å². The molecule has 0 atom stereocenters. The van der Waals surface area contributed by atoms with Crippen molar-refractivity contribution in [3.63, 3.8) is 0 Å². The van der Waals surface area contributed by atoms with Crippen LogP contribution in [0.25, 0.3) is 0 Å². The number of nitrogens with one attached hydrogen (secondary N) is 2. The molecule has 0 saturated carbocycles. The van der Waals surface area contributed by atoms with Crippen molar-refractivity contribution < 1.29 is 14.7 Å². The highest BCUT2D eigenvalue weighted by Gasteiger charge is 2.35. The molecule has 3 rings (SSSR count). The largest absolute Gasteiger partial charge is 0.385 e. The molecule has 2 aromatic carbocycles. The zero-order chi connectivity index (χ0) is 22.6. The number of urea groups is 1. The molecule has 1 aliphatic rings. The van der Waals surface area contributed by atoms with Gasteiger partial charge in [-0.15, -0.1) is 0 Å². The summed E-state index contributed by atoms with van der Waals surface area (Å²) in [6, 6.07) is 14.0. The monoisotopic (exact) mass is 420 g/mol. The van der Waals surface area contributed by atoms with E-state index in [-0.39, 0.29) is 18.0 Å². The van der Waals surface area contributed by atoms with Gasteiger partial charge in [-0.1, -0.05) is 18.2 Å². The van der Waals surface area contributed by atoms with Crippen LogP contribution in [0.5, 0.6) is 0 Å². The molecule has 3 amide bonds. The van der Waals surface area contributed by atoms with E-state index < -0.39 is 5.60 Å². The first-order chi connectivity index (χ1) is 14.7. The maximum Gasteiger partial charge on any atom is 0.319 e. The van der Waals surface area contributed by atoms with Crippen molar-refractivity contribution in [1.29, 1.82) is 5.26 Å². The molecule has 0 aromatic heterocycles. The second-order valence-electron chi connectivity index (χ2n) is 8.30. The Morgan fingerprint density at radius 1 is 1.13 bits per heavy atom. The van der Waals surface area contributed by atoms with Gasteiger partial charge in [0.1, 0.15) is 0 Å². The minimum Gasteiger partial charge on any atom is -0.385 e. The fourth-order valence-corrected chi connectivity index (χ4v) is 3.72. The van der Waals surface area contributed by atoms with E-state index >= 15 is 0 Å². The van der Waals surface area contributed by atoms with E-state index in [1.807, 2.05) is 26.8 Å². The van der Waals surface area contributed by atoms with Crippen LogP contribution in [0, 0.1) is 18.3 Å². The number of hydrogen-bond acceptors (Lipinski definition) is 4. The maximum atomic E-state index is 13.0. The van der Waals surface area contributed by atoms with E-state index in [1.165, 1.54) is 0 Å². The first-order valence-electron chi connectivity index (χ1n) is 10.4. The molecule has 1 fully saturated rings. The Kier molecular flexibility index (Phi) is 6.62. The molecule has 0 bridgehead atoms. The molecule has 0 unspecified atom stereocenters. The predicted octanol–water partition coefficient (Wildman–Crippen LogP) is 3.52. The van der Waals surface area contributed by atoms with E-state index in [0.717, 1.165) is 11.1 Å². The van der Waals surface area contributed by atoms with Crippen LogP contribution in [0.3, 0.4) is 0 Å². The van der Waals surface area contributed by atoms with Gasteiger partial charge in [0.25, 0.3) is 5.91 Å². The summed E-state index contributed by atoms with van der Waals surface area (Å²) in [5, 5.41) is 25.6. The second-order valence-corrected chi connectivity index (χ2v) is 8.30. The fraction of sp³-hybridized carbons (Fsp3) is 0.375. The van der Waals surface area contributed by atoms with Gasteiger partial charge in [-0.25, -0.2) is 4.79 Å². The number of nitrogens with zero attached hydrogens (tertiary/aromatic N) is 2. The molecule has 0 spiro atoms. The molecule has 31 heavy (non-hydrogen) atoms. The summed E-state index contributed by atoms with van der Waals surface area (Å²) in [6.07, 6.45) is 0.830. The van der Waals surface area contributed by atoms with Crippen LogP contribution in [-0.4, -0.2) is 41.1 Å². The number of hydrogen-bond donors (Lipinski definition) is 3. The number of nitriles is 1. The lowest BCUT2D eigenvalue weighted by molar-refractivity contribution is -0.0211. The SMILES string of the molecule is Cc1ccc(C(=O)N2CCC(O)(c3ccc(C#N)cc3)CC2)cc1NC(=O)NC(C)C. The average Bonchev–Trinajstić information content (AvgIpc) is 2.75. The molecular weight excluding hydrogens is 392 g/mol. The summed E-state index contributed by atoms with van der Waals surface area (Å²) in [6.45, 7) is 6.46. The third-order valence-corrected chi connectivity index (χ3v) is 5.58. The molecular formula is C24H28N4O3. The van der Waals surface area contributed by atoms with Crippen molar-refractivity contribution in [3.05, 3.63) is 64.7 Å². The summed E-state index contributed by atoms with van der Waals surface area (Å²) in [4.78, 5) is 26.8. The van der Waals surface area contributed by atoms with Crippen molar-refractivity contribution in [2.24, 2.45) is 0 Å². The molecule has 3 N–H and O–H groups in total. The van der Waals surface area contributed by atoms with Gasteiger partial charge in [-0.05, 0) is 69.0 Å². The van der Waals surface area contributed by atoms with Gasteiger partial charge >= 0.3 is 6.03 Å². The molecule has 1 saturated heterocycles. The van der Waals surface area contributed by atoms with E-state index in [4.69, 9.17) is 5.26 Å². The van der Waals surface area contributed by atoms with Gasteiger partial charge in [0.05, 0.1) is 17.2 Å². The van der Waals surface area contributed by atoms with Crippen molar-refractivity contribution >= 4 is 17.6 Å². The smallest absolute Gasteiger partial charge is 0.319 e. The van der Waals surface area contributed by atoms with E-state index in [0.29, 0.717) is 42.7 Å². The highest BCUT2D eigenvalue weighted by Crippen LogP contribution is 2.33. The number of amides is 3. The lowest BCUT2D eigenvalue weighted by Crippen LogP contribution is -2.45. The zero-order valence-corrected chi connectivity index (χ0v) is 18.1. The number of aliphatic hydroxyl groups is 1. The fourth-order valence-electron chi connectivity index (χ4n) is 3.72. The van der Waals surface area contributed by atoms with Crippen molar-refractivity contribution in [2.45, 2.75) is 45.3 Å². The minimum atomic E-state index is -1.01. The molecule has 1 heterocycles. The van der Waals surface area contributed by atoms with Gasteiger partial charge in [0, 0.05) is 30.4 Å². The maximum absolute atomic E-state index is 13.0. The summed E-state index contributed by atoms with van der Waals surface area (Å²) < 4.78 is 0. The Morgan fingerprint density at radius 2 is 1.77 bits per heavy atom. The first kappa shape index (κ1) is 22.3. The second kappa shape index (κ2) is 9.19. The Morgan fingerprint density at radius 3 is 2.35 bits per heavy atom. The Labute approximate surface area is 182 Å². The van der Waals surface area contributed by atoms with Crippen molar-refractivity contribution in [1.82, 2.24) is 10.2 Å². The number of carbonyl (C=O) groups excluding carboxylic acids is 2. The van der Waals surface area contributed by atoms with Crippen LogP contribution in [-0.2, 0) is 5.60 Å². The molecule has 0 aliphatic carbocycles. The molecule has 1 aliphatic heterocycles. The average molecular weight is 421 g/mol. The highest BCUT2D eigenvalue weighted by atomic mass is 16.3. The topological polar surface area (TPSA) is 105 Å². The van der Waals surface area contributed by atoms with Gasteiger partial charge in [0.2, 0.25) is 0 Å². The number of piperidine rings is 1. The summed E-state index contributed by atoms with van der Waals surface area (Å²) in [5.74, 6) is -0.130. The molecule has 162 valence electrons. The normalized spacial score (nSPS) is 15.3. The number of aryl methyl sites for hydroxylation is 1. The van der Waals surface area contributed by atoms with Crippen LogP contribution < -0.4 is 10.6 Å². The van der Waals surface area contributed by atoms with Gasteiger partial charge < -0.3 is 20.6 Å². The van der Waals surface area contributed by atoms with Crippen LogP contribution in [0.2, 0.25) is 0 Å². The molecule has 7 heteroatoms. The number of anilines is 1. The molecule has 0 radical (unpaired) electrons. The zero-order valence-electron chi connectivity index (χ0n) is 18.1. The summed E-state index contributed by atoms with van der Waals surface area (Å²) in [7, 11) is 0. The Hall–Kier alpha value is -3.37. The van der Waals surface area contributed by atoms with Gasteiger partial charge in [-0.2, -0.15) is 5.26 Å². The number of likely N-dealkylation sites (tertiary alicyclic amines) is 1. The summed E-state index contributed by atoms with van der Waals surface area (Å²) >= 11 is 0. The molecule has 7 nitrogen and oxygen atoms in total. The highest BCUT2D eigenvalue weighted by molar-refractivity contribution is 5.97. The lowest BCUT2D eigenvalue weighted by atomic mass is 9.84. The quantitative estimate of drug-likeness (QED) is 0.704. The Bertz CT molecular complexity index is 1000. The van der Waals surface area contributed by atoms with E-state index in [1.54, 1.807) is 41.3 Å². The number of rotatable bonds is 4. The molecule has 2 aromatic rings. The predicted molar refractivity (Wildman–Crippen MR) is 119 cm³/mol. The van der Waals surface area contributed by atoms with Crippen LogP contribution in [0.1, 0.15) is 53.7 Å². The summed E-state index contributed by atoms with van der Waals surface area (Å²) in [5.41, 5.74) is 2.25. The number of benzene rings is 2. The van der Waals surface area contributed by atoms with Crippen LogP contribution in [0.15, 0.2) is 42.5 Å². The minimum absolute atomic E-state index is 0.00771. The number of carbonyl (C=O) groups is 2. The third kappa shape index (κ3) is 5.22. The lowest BCUT2D eigenvalue weighted by Gasteiger charge is -2.38. The van der Waals surface area contributed by atoms with Crippen LogP contribution in [0.4, 0.5) is 10.5 Å². The van der Waals surface area contributed by atoms with E-state index in [9.17, 15) is 14.7 Å².